The van der Waals surface area contributed by atoms with Gasteiger partial charge in [0.15, 0.2) is 5.76 Å². The molecule has 0 radical (unpaired) electrons. The Morgan fingerprint density at radius 3 is 2.45 bits per heavy atom. The summed E-state index contributed by atoms with van der Waals surface area (Å²) in [6.45, 7) is 2.40. The first-order chi connectivity index (χ1) is 10.3. The molecule has 0 aliphatic rings. The molecule has 0 bridgehead atoms. The van der Waals surface area contributed by atoms with E-state index >= 15 is 0 Å². The molecule has 2 rings (SSSR count). The molecule has 0 aliphatic carbocycles. The van der Waals surface area contributed by atoms with E-state index in [1.807, 2.05) is 0 Å². The fourth-order valence-electron chi connectivity index (χ4n) is 1.72. The van der Waals surface area contributed by atoms with Gasteiger partial charge in [0.25, 0.3) is 0 Å². The van der Waals surface area contributed by atoms with E-state index in [1.165, 1.54) is 19.1 Å². The van der Waals surface area contributed by atoms with Gasteiger partial charge in [0, 0.05) is 19.4 Å². The number of hydrogen-bond acceptors (Lipinski definition) is 5. The third-order valence-corrected chi connectivity index (χ3v) is 3.30. The van der Waals surface area contributed by atoms with E-state index < -0.39 is 17.6 Å². The van der Waals surface area contributed by atoms with Crippen molar-refractivity contribution < 1.29 is 23.8 Å². The van der Waals surface area contributed by atoms with E-state index in [0.717, 1.165) is 6.92 Å². The number of furan rings is 1. The Hall–Kier alpha value is -2.18. The highest BCUT2D eigenvalue weighted by Crippen LogP contribution is 2.46. The number of hydrogen-bond donors (Lipinski definition) is 2. The highest BCUT2D eigenvalue weighted by molar-refractivity contribution is 6.42. The van der Waals surface area contributed by atoms with Gasteiger partial charge in [-0.1, -0.05) is 23.2 Å². The molecule has 0 aliphatic heterocycles. The topological polar surface area (TPSA) is 88.8 Å². The molecule has 8 heteroatoms. The Labute approximate surface area is 135 Å². The smallest absolute Gasteiger partial charge is 0.308 e. The summed E-state index contributed by atoms with van der Waals surface area (Å²) >= 11 is 11.8. The zero-order valence-electron chi connectivity index (χ0n) is 11.6. The second-order valence-corrected chi connectivity index (χ2v) is 5.16. The number of carbonyl (C=O) groups excluding carboxylic acids is 2. The number of rotatable bonds is 3. The molecule has 6 nitrogen and oxygen atoms in total. The van der Waals surface area contributed by atoms with Gasteiger partial charge in [-0.15, -0.1) is 0 Å². The third kappa shape index (κ3) is 3.35. The lowest BCUT2D eigenvalue weighted by Gasteiger charge is -2.01. The second-order valence-electron chi connectivity index (χ2n) is 4.34. The number of amides is 1. The average molecular weight is 344 g/mol. The van der Waals surface area contributed by atoms with Crippen molar-refractivity contribution in [1.82, 2.24) is 0 Å². The van der Waals surface area contributed by atoms with Gasteiger partial charge in [0.05, 0.1) is 10.0 Å². The van der Waals surface area contributed by atoms with Crippen LogP contribution < -0.4 is 10.1 Å². The molecule has 0 spiro atoms. The number of anilines is 1. The van der Waals surface area contributed by atoms with Gasteiger partial charge in [0.2, 0.25) is 23.3 Å². The molecule has 1 aromatic carbocycles. The molecule has 2 N–H and O–H groups in total. The molecule has 0 saturated heterocycles. The highest BCUT2D eigenvalue weighted by Gasteiger charge is 2.25. The minimum atomic E-state index is -0.677. The number of ether oxygens (including phenoxy) is 1. The SMILES string of the molecule is CC(=O)Nc1oc(-c2ccc(Cl)c(Cl)c2)c(O)c1OC(C)=O. The van der Waals surface area contributed by atoms with E-state index in [1.54, 1.807) is 6.07 Å². The van der Waals surface area contributed by atoms with Crippen molar-refractivity contribution in [1.29, 1.82) is 0 Å². The summed E-state index contributed by atoms with van der Waals surface area (Å²) < 4.78 is 10.3. The Balaban J connectivity index is 2.56. The van der Waals surface area contributed by atoms with Crippen molar-refractivity contribution >= 4 is 41.0 Å². The fourth-order valence-corrected chi connectivity index (χ4v) is 2.02. The minimum absolute atomic E-state index is 0.0152. The summed E-state index contributed by atoms with van der Waals surface area (Å²) in [7, 11) is 0. The monoisotopic (exact) mass is 343 g/mol. The zero-order valence-corrected chi connectivity index (χ0v) is 13.1. The lowest BCUT2D eigenvalue weighted by molar-refractivity contribution is -0.132. The molecule has 0 fully saturated rings. The molecular formula is C14H11Cl2NO5. The van der Waals surface area contributed by atoms with Crippen molar-refractivity contribution in [3.8, 4) is 22.8 Å². The third-order valence-electron chi connectivity index (χ3n) is 2.56. The van der Waals surface area contributed by atoms with Crippen LogP contribution >= 0.6 is 23.2 Å². The molecule has 2 aromatic rings. The molecule has 1 aromatic heterocycles. The summed E-state index contributed by atoms with van der Waals surface area (Å²) in [4.78, 5) is 22.3. The predicted molar refractivity (Wildman–Crippen MR) is 81.4 cm³/mol. The first kappa shape index (κ1) is 16.2. The summed E-state index contributed by atoms with van der Waals surface area (Å²) in [5, 5.41) is 13.1. The van der Waals surface area contributed by atoms with Crippen LogP contribution in [0.3, 0.4) is 0 Å². The van der Waals surface area contributed by atoms with E-state index in [4.69, 9.17) is 32.4 Å². The van der Waals surface area contributed by atoms with Gasteiger partial charge >= 0.3 is 5.97 Å². The van der Waals surface area contributed by atoms with Gasteiger partial charge in [-0.25, -0.2) is 0 Å². The standard InChI is InChI=1S/C14H11Cl2NO5/c1-6(18)17-14-13(21-7(2)19)11(20)12(22-14)8-3-4-9(15)10(16)5-8/h3-5,20H,1-2H3,(H,17,18). The van der Waals surface area contributed by atoms with Crippen molar-refractivity contribution in [3.05, 3.63) is 28.2 Å². The van der Waals surface area contributed by atoms with Crippen LogP contribution in [0.5, 0.6) is 11.5 Å². The molecule has 1 amide bonds. The molecular weight excluding hydrogens is 333 g/mol. The van der Waals surface area contributed by atoms with Crippen molar-refractivity contribution in [2.75, 3.05) is 5.32 Å². The molecule has 0 saturated carbocycles. The molecule has 0 atom stereocenters. The maximum atomic E-state index is 11.2. The van der Waals surface area contributed by atoms with Crippen LogP contribution in [0.4, 0.5) is 5.88 Å². The summed E-state index contributed by atoms with van der Waals surface area (Å²) in [6.07, 6.45) is 0. The van der Waals surface area contributed by atoms with Gasteiger partial charge in [-0.3, -0.25) is 14.9 Å². The van der Waals surface area contributed by atoms with E-state index in [2.05, 4.69) is 5.32 Å². The number of benzene rings is 1. The largest absolute Gasteiger partial charge is 0.502 e. The van der Waals surface area contributed by atoms with Crippen LogP contribution in [0.25, 0.3) is 11.3 Å². The van der Waals surface area contributed by atoms with Gasteiger partial charge < -0.3 is 14.3 Å². The van der Waals surface area contributed by atoms with Crippen LogP contribution in [0.15, 0.2) is 22.6 Å². The van der Waals surface area contributed by atoms with Crippen molar-refractivity contribution in [2.24, 2.45) is 0 Å². The van der Waals surface area contributed by atoms with Crippen LogP contribution in [-0.4, -0.2) is 17.0 Å². The Bertz CT molecular complexity index is 754. The summed E-state index contributed by atoms with van der Waals surface area (Å²) in [5.74, 6) is -2.04. The maximum Gasteiger partial charge on any atom is 0.308 e. The Morgan fingerprint density at radius 1 is 1.23 bits per heavy atom. The number of carbonyl (C=O) groups is 2. The lowest BCUT2D eigenvalue weighted by atomic mass is 10.1. The van der Waals surface area contributed by atoms with E-state index in [9.17, 15) is 14.7 Å². The predicted octanol–water partition coefficient (Wildman–Crippen LogP) is 3.84. The minimum Gasteiger partial charge on any atom is -0.502 e. The number of aromatic hydroxyl groups is 1. The van der Waals surface area contributed by atoms with Gasteiger partial charge in [0.1, 0.15) is 0 Å². The number of nitrogens with one attached hydrogen (secondary N) is 1. The van der Waals surface area contributed by atoms with Gasteiger partial charge in [-0.05, 0) is 18.2 Å². The summed E-state index contributed by atoms with van der Waals surface area (Å²) in [5.41, 5.74) is 0.400. The number of halogens is 2. The molecule has 1 heterocycles. The van der Waals surface area contributed by atoms with Crippen LogP contribution in [0.1, 0.15) is 13.8 Å². The average Bonchev–Trinajstić information content (AvgIpc) is 2.70. The van der Waals surface area contributed by atoms with Crippen molar-refractivity contribution in [3.63, 3.8) is 0 Å². The van der Waals surface area contributed by atoms with Crippen LogP contribution in [0.2, 0.25) is 10.0 Å². The molecule has 116 valence electrons. The lowest BCUT2D eigenvalue weighted by Crippen LogP contribution is -2.08. The number of esters is 1. The molecule has 0 unspecified atom stereocenters. The first-order valence-corrected chi connectivity index (χ1v) is 6.82. The Kier molecular flexibility index (Phi) is 4.63. The zero-order chi connectivity index (χ0) is 16.4. The fraction of sp³-hybridized carbons (Fsp3) is 0.143. The second kappa shape index (κ2) is 6.29. The van der Waals surface area contributed by atoms with E-state index in [-0.39, 0.29) is 22.4 Å². The Morgan fingerprint density at radius 2 is 1.91 bits per heavy atom. The van der Waals surface area contributed by atoms with E-state index in [0.29, 0.717) is 10.6 Å². The maximum absolute atomic E-state index is 11.2. The van der Waals surface area contributed by atoms with Crippen LogP contribution in [0, 0.1) is 0 Å². The normalized spacial score (nSPS) is 10.4. The first-order valence-electron chi connectivity index (χ1n) is 6.06. The van der Waals surface area contributed by atoms with Crippen molar-refractivity contribution in [2.45, 2.75) is 13.8 Å². The van der Waals surface area contributed by atoms with Gasteiger partial charge in [-0.2, -0.15) is 0 Å². The highest BCUT2D eigenvalue weighted by atomic mass is 35.5. The quantitative estimate of drug-likeness (QED) is 0.826. The summed E-state index contributed by atoms with van der Waals surface area (Å²) in [6, 6.07) is 4.55. The molecule has 22 heavy (non-hydrogen) atoms. The van der Waals surface area contributed by atoms with Crippen LogP contribution in [-0.2, 0) is 9.59 Å².